The van der Waals surface area contributed by atoms with E-state index in [0.29, 0.717) is 12.5 Å². The fraction of sp³-hybridized carbons (Fsp3) is 0.481. The summed E-state index contributed by atoms with van der Waals surface area (Å²) in [5, 5.41) is 4.42. The summed E-state index contributed by atoms with van der Waals surface area (Å²) in [5.41, 5.74) is 6.58. The van der Waals surface area contributed by atoms with Gasteiger partial charge in [-0.05, 0) is 61.1 Å². The average Bonchev–Trinajstić information content (AvgIpc) is 3.40. The van der Waals surface area contributed by atoms with Crippen LogP contribution in [0.4, 0.5) is 5.82 Å². The fourth-order valence-electron chi connectivity index (χ4n) is 4.77. The molecule has 5 heteroatoms. The number of nitrogens with one attached hydrogen (secondary N) is 1. The minimum Gasteiger partial charge on any atom is -0.355 e. The van der Waals surface area contributed by atoms with Crippen LogP contribution in [0.15, 0.2) is 36.5 Å². The van der Waals surface area contributed by atoms with Gasteiger partial charge in [0.1, 0.15) is 17.8 Å². The molecule has 2 aromatic heterocycles. The first kappa shape index (κ1) is 22.5. The van der Waals surface area contributed by atoms with Gasteiger partial charge in [0, 0.05) is 49.2 Å². The Morgan fingerprint density at radius 3 is 2.72 bits per heavy atom. The number of carbonyl (C=O) groups is 1. The van der Waals surface area contributed by atoms with Crippen molar-refractivity contribution in [2.45, 2.75) is 46.6 Å². The summed E-state index contributed by atoms with van der Waals surface area (Å²) in [6, 6.07) is 11.3. The van der Waals surface area contributed by atoms with Crippen LogP contribution in [0.3, 0.4) is 0 Å². The van der Waals surface area contributed by atoms with Crippen molar-refractivity contribution in [2.24, 2.45) is 11.8 Å². The average molecular weight is 433 g/mol. The number of fused-ring (bicyclic) bond motifs is 2. The predicted molar refractivity (Wildman–Crippen MR) is 133 cm³/mol. The molecule has 1 aliphatic rings. The number of benzene rings is 1. The summed E-state index contributed by atoms with van der Waals surface area (Å²) >= 11 is 0. The van der Waals surface area contributed by atoms with E-state index in [2.05, 4.69) is 65.2 Å². The number of likely N-dealkylation sites (N-methyl/N-ethyl adjacent to an activating group) is 1. The van der Waals surface area contributed by atoms with Crippen molar-refractivity contribution in [3.63, 3.8) is 0 Å². The number of hydrogen-bond acceptors (Lipinski definition) is 4. The first-order chi connectivity index (χ1) is 15.5. The highest BCUT2D eigenvalue weighted by Gasteiger charge is 2.18. The quantitative estimate of drug-likeness (QED) is 0.472. The second-order valence-electron chi connectivity index (χ2n) is 9.63. The number of anilines is 1. The normalized spacial score (nSPS) is 14.2. The first-order valence-corrected chi connectivity index (χ1v) is 12.0. The van der Waals surface area contributed by atoms with Gasteiger partial charge in [-0.3, -0.25) is 0 Å². The van der Waals surface area contributed by atoms with Gasteiger partial charge < -0.3 is 19.6 Å². The predicted octanol–water partition coefficient (Wildman–Crippen LogP) is 4.71. The van der Waals surface area contributed by atoms with Crippen LogP contribution < -0.4 is 10.2 Å². The smallest absolute Gasteiger partial charge is 0.142 e. The van der Waals surface area contributed by atoms with Gasteiger partial charge >= 0.3 is 0 Å². The Labute approximate surface area is 191 Å². The van der Waals surface area contributed by atoms with E-state index in [4.69, 9.17) is 4.98 Å². The molecule has 0 aliphatic heterocycles. The highest BCUT2D eigenvalue weighted by molar-refractivity contribution is 5.95. The topological polar surface area (TPSA) is 50.2 Å². The lowest BCUT2D eigenvalue weighted by Crippen LogP contribution is -2.35. The van der Waals surface area contributed by atoms with E-state index in [1.165, 1.54) is 46.9 Å². The van der Waals surface area contributed by atoms with Crippen LogP contribution >= 0.6 is 0 Å². The minimum absolute atomic E-state index is 0.0335. The molecule has 32 heavy (non-hydrogen) atoms. The summed E-state index contributed by atoms with van der Waals surface area (Å²) in [6.45, 7) is 9.72. The molecule has 2 heterocycles. The van der Waals surface area contributed by atoms with Crippen molar-refractivity contribution in [1.82, 2.24) is 14.9 Å². The number of aromatic nitrogens is 2. The van der Waals surface area contributed by atoms with Crippen LogP contribution in [-0.2, 0) is 24.2 Å². The summed E-state index contributed by atoms with van der Waals surface area (Å²) in [6.07, 6.45) is 6.96. The highest BCUT2D eigenvalue weighted by Crippen LogP contribution is 2.34. The molecule has 5 nitrogen and oxygen atoms in total. The van der Waals surface area contributed by atoms with E-state index >= 15 is 0 Å². The standard InChI is InChI=1S/C27H36N4O/c1-19(2)15-31-17-25(23-9-8-21-6-5-7-22(21)14-23)24-10-11-26(29-27(24)31)30(13-12-28-4)16-20(3)18-32/h8-11,14,17-20,28H,5-7,12-13,15-16H2,1-4H3. The monoisotopic (exact) mass is 432 g/mol. The van der Waals surface area contributed by atoms with E-state index in [1.807, 2.05) is 14.0 Å². The van der Waals surface area contributed by atoms with E-state index in [0.717, 1.165) is 37.4 Å². The maximum atomic E-state index is 11.3. The largest absolute Gasteiger partial charge is 0.355 e. The van der Waals surface area contributed by atoms with Crippen molar-refractivity contribution >= 4 is 23.1 Å². The summed E-state index contributed by atoms with van der Waals surface area (Å²) < 4.78 is 2.31. The van der Waals surface area contributed by atoms with Gasteiger partial charge in [0.2, 0.25) is 0 Å². The molecule has 0 fully saturated rings. The maximum Gasteiger partial charge on any atom is 0.142 e. The second-order valence-corrected chi connectivity index (χ2v) is 9.63. The Bertz CT molecular complexity index is 1080. The van der Waals surface area contributed by atoms with Gasteiger partial charge in [0.25, 0.3) is 0 Å². The molecule has 1 aliphatic carbocycles. The molecule has 3 aromatic rings. The van der Waals surface area contributed by atoms with E-state index in [9.17, 15) is 4.79 Å². The molecule has 1 N–H and O–H groups in total. The third-order valence-electron chi connectivity index (χ3n) is 6.38. The van der Waals surface area contributed by atoms with Gasteiger partial charge in [-0.25, -0.2) is 4.98 Å². The molecule has 1 unspecified atom stereocenters. The molecule has 170 valence electrons. The molecule has 0 spiro atoms. The SMILES string of the molecule is CNCCN(CC(C)C=O)c1ccc2c(-c3ccc4c(c3)CCC4)cn(CC(C)C)c2n1. The van der Waals surface area contributed by atoms with Gasteiger partial charge in [-0.15, -0.1) is 0 Å². The van der Waals surface area contributed by atoms with E-state index in [-0.39, 0.29) is 5.92 Å². The van der Waals surface area contributed by atoms with Crippen molar-refractivity contribution in [1.29, 1.82) is 0 Å². The van der Waals surface area contributed by atoms with Gasteiger partial charge in [0.15, 0.2) is 0 Å². The molecular formula is C27H36N4O. The van der Waals surface area contributed by atoms with E-state index in [1.54, 1.807) is 0 Å². The van der Waals surface area contributed by atoms with Crippen molar-refractivity contribution in [3.05, 3.63) is 47.7 Å². The molecule has 0 bridgehead atoms. The molecule has 4 rings (SSSR count). The second kappa shape index (κ2) is 9.86. The zero-order valence-corrected chi connectivity index (χ0v) is 19.9. The van der Waals surface area contributed by atoms with Crippen LogP contribution in [0, 0.1) is 11.8 Å². The van der Waals surface area contributed by atoms with Crippen molar-refractivity contribution in [2.75, 3.05) is 31.6 Å². The van der Waals surface area contributed by atoms with Crippen molar-refractivity contribution in [3.8, 4) is 11.1 Å². The summed E-state index contributed by atoms with van der Waals surface area (Å²) in [7, 11) is 1.95. The highest BCUT2D eigenvalue weighted by atomic mass is 16.1. The molecule has 1 aromatic carbocycles. The van der Waals surface area contributed by atoms with Crippen molar-refractivity contribution < 1.29 is 4.79 Å². The lowest BCUT2D eigenvalue weighted by atomic mass is 10.0. The lowest BCUT2D eigenvalue weighted by molar-refractivity contribution is -0.110. The zero-order valence-electron chi connectivity index (χ0n) is 19.9. The molecule has 0 radical (unpaired) electrons. The lowest BCUT2D eigenvalue weighted by Gasteiger charge is -2.25. The number of hydrogen-bond donors (Lipinski definition) is 1. The maximum absolute atomic E-state index is 11.3. The van der Waals surface area contributed by atoms with Gasteiger partial charge in [0.05, 0.1) is 0 Å². The number of aryl methyl sites for hydroxylation is 2. The number of nitrogens with zero attached hydrogens (tertiary/aromatic N) is 3. The summed E-state index contributed by atoms with van der Waals surface area (Å²) in [5.74, 6) is 1.43. The molecule has 0 saturated heterocycles. The Morgan fingerprint density at radius 2 is 1.97 bits per heavy atom. The number of pyridine rings is 1. The van der Waals surface area contributed by atoms with E-state index < -0.39 is 0 Å². The minimum atomic E-state index is -0.0335. The van der Waals surface area contributed by atoms with Crippen LogP contribution in [0.5, 0.6) is 0 Å². The Morgan fingerprint density at radius 1 is 1.16 bits per heavy atom. The summed E-state index contributed by atoms with van der Waals surface area (Å²) in [4.78, 5) is 18.7. The Balaban J connectivity index is 1.78. The number of rotatable bonds is 10. The Kier molecular flexibility index (Phi) is 6.95. The number of carbonyl (C=O) groups excluding carboxylic acids is 1. The Hall–Kier alpha value is -2.66. The molecule has 0 amide bonds. The van der Waals surface area contributed by atoms with Gasteiger partial charge in [-0.2, -0.15) is 0 Å². The van der Waals surface area contributed by atoms with Crippen LogP contribution in [0.1, 0.15) is 38.3 Å². The number of aldehydes is 1. The van der Waals surface area contributed by atoms with Crippen LogP contribution in [0.2, 0.25) is 0 Å². The fourth-order valence-corrected chi connectivity index (χ4v) is 4.77. The third-order valence-corrected chi connectivity index (χ3v) is 6.38. The van der Waals surface area contributed by atoms with Crippen LogP contribution in [-0.4, -0.2) is 42.5 Å². The zero-order chi connectivity index (χ0) is 22.7. The molecular weight excluding hydrogens is 396 g/mol. The molecule has 0 saturated carbocycles. The van der Waals surface area contributed by atoms with Gasteiger partial charge in [-0.1, -0.05) is 39.0 Å². The van der Waals surface area contributed by atoms with Crippen LogP contribution in [0.25, 0.3) is 22.2 Å². The third kappa shape index (κ3) is 4.73. The first-order valence-electron chi connectivity index (χ1n) is 12.0. The molecule has 1 atom stereocenters.